The molecule has 11 heteroatoms. The van der Waals surface area contributed by atoms with Gasteiger partial charge in [-0.1, -0.05) is 11.6 Å². The number of aromatic nitrogens is 1. The van der Waals surface area contributed by atoms with Crippen LogP contribution in [0.4, 0.5) is 23.4 Å². The first-order valence-electron chi connectivity index (χ1n) is 9.19. The lowest BCUT2D eigenvalue weighted by atomic mass is 10.1. The number of hydrogen-bond acceptors (Lipinski definition) is 5. The van der Waals surface area contributed by atoms with E-state index in [4.69, 9.17) is 11.6 Å². The highest BCUT2D eigenvalue weighted by Crippen LogP contribution is 2.28. The summed E-state index contributed by atoms with van der Waals surface area (Å²) >= 11 is 5.84. The number of amides is 1. The average Bonchev–Trinajstić information content (AvgIpc) is 2.73. The number of ether oxygens (including phenoxy) is 2. The minimum Gasteiger partial charge on any atom is -0.435 e. The number of carbonyl (C=O) groups is 1. The van der Waals surface area contributed by atoms with E-state index < -0.39 is 13.2 Å². The summed E-state index contributed by atoms with van der Waals surface area (Å²) in [5, 5.41) is 0.534. The summed E-state index contributed by atoms with van der Waals surface area (Å²) in [4.78, 5) is 20.3. The largest absolute Gasteiger partial charge is 0.435 e. The summed E-state index contributed by atoms with van der Waals surface area (Å²) in [6.07, 6.45) is 4.06. The predicted molar refractivity (Wildman–Crippen MR) is 107 cm³/mol. The third-order valence-electron chi connectivity index (χ3n) is 4.46. The minimum atomic E-state index is -3.17. The van der Waals surface area contributed by atoms with E-state index in [1.54, 1.807) is 23.2 Å². The third-order valence-corrected chi connectivity index (χ3v) is 4.68. The van der Waals surface area contributed by atoms with E-state index in [0.717, 1.165) is 11.9 Å². The second-order valence-electron chi connectivity index (χ2n) is 6.44. The fraction of sp³-hybridized carbons (Fsp3) is 0.300. The van der Waals surface area contributed by atoms with E-state index in [1.165, 1.54) is 24.3 Å². The second kappa shape index (κ2) is 10.3. The highest BCUT2D eigenvalue weighted by Gasteiger charge is 2.21. The molecule has 0 aliphatic carbocycles. The van der Waals surface area contributed by atoms with Gasteiger partial charge in [0.2, 0.25) is 5.91 Å². The highest BCUT2D eigenvalue weighted by molar-refractivity contribution is 6.30. The van der Waals surface area contributed by atoms with Crippen molar-refractivity contribution in [3.63, 3.8) is 0 Å². The number of nitrogens with zero attached hydrogens (tertiary/aromatic N) is 3. The normalized spacial score (nSPS) is 14.5. The molecule has 0 radical (unpaired) electrons. The lowest BCUT2D eigenvalue weighted by molar-refractivity contribution is -0.126. The van der Waals surface area contributed by atoms with Crippen LogP contribution in [0.5, 0.6) is 11.5 Å². The number of pyridine rings is 1. The van der Waals surface area contributed by atoms with E-state index in [2.05, 4.69) is 14.5 Å². The molecule has 1 fully saturated rings. The van der Waals surface area contributed by atoms with Crippen LogP contribution in [-0.2, 0) is 4.79 Å². The molecule has 1 amide bonds. The molecular formula is C20H18ClF4N3O3. The van der Waals surface area contributed by atoms with Crippen molar-refractivity contribution in [1.82, 2.24) is 9.88 Å². The van der Waals surface area contributed by atoms with Gasteiger partial charge in [0.05, 0.1) is 5.02 Å². The molecule has 1 aromatic carbocycles. The highest BCUT2D eigenvalue weighted by atomic mass is 35.5. The summed E-state index contributed by atoms with van der Waals surface area (Å²) in [5.41, 5.74) is 0.124. The van der Waals surface area contributed by atoms with Crippen molar-refractivity contribution in [2.24, 2.45) is 0 Å². The molecule has 1 aromatic heterocycles. The zero-order valence-corrected chi connectivity index (χ0v) is 16.8. The van der Waals surface area contributed by atoms with Gasteiger partial charge in [0.1, 0.15) is 17.3 Å². The SMILES string of the molecule is O=C(/C=C/c1ccc(OC(F)F)cc1OC(F)F)N1CCN(c2ccc(Cl)cn2)CC1. The van der Waals surface area contributed by atoms with Crippen molar-refractivity contribution in [3.05, 3.63) is 53.2 Å². The van der Waals surface area contributed by atoms with Gasteiger partial charge in [-0.2, -0.15) is 17.6 Å². The predicted octanol–water partition coefficient (Wildman–Crippen LogP) is 4.30. The molecule has 0 spiro atoms. The van der Waals surface area contributed by atoms with E-state index in [0.29, 0.717) is 31.2 Å². The molecule has 0 atom stereocenters. The van der Waals surface area contributed by atoms with Crippen LogP contribution in [0.25, 0.3) is 6.08 Å². The maximum atomic E-state index is 12.7. The number of piperazine rings is 1. The molecular weight excluding hydrogens is 442 g/mol. The van der Waals surface area contributed by atoms with Crippen molar-refractivity contribution in [2.45, 2.75) is 13.2 Å². The Balaban J connectivity index is 1.63. The number of anilines is 1. The molecule has 1 aliphatic heterocycles. The fourth-order valence-corrected chi connectivity index (χ4v) is 3.12. The smallest absolute Gasteiger partial charge is 0.387 e. The number of rotatable bonds is 7. The van der Waals surface area contributed by atoms with Crippen LogP contribution >= 0.6 is 11.6 Å². The number of hydrogen-bond donors (Lipinski definition) is 0. The Bertz CT molecular complexity index is 920. The van der Waals surface area contributed by atoms with Gasteiger partial charge >= 0.3 is 13.2 Å². The van der Waals surface area contributed by atoms with E-state index >= 15 is 0 Å². The molecule has 6 nitrogen and oxygen atoms in total. The first kappa shape index (κ1) is 22.7. The van der Waals surface area contributed by atoms with Crippen LogP contribution in [0.15, 0.2) is 42.6 Å². The van der Waals surface area contributed by atoms with E-state index in [9.17, 15) is 22.4 Å². The van der Waals surface area contributed by atoms with Gasteiger partial charge in [0.25, 0.3) is 0 Å². The molecule has 31 heavy (non-hydrogen) atoms. The minimum absolute atomic E-state index is 0.124. The van der Waals surface area contributed by atoms with Gasteiger partial charge in [-0.15, -0.1) is 0 Å². The summed E-state index contributed by atoms with van der Waals surface area (Å²) in [5.74, 6) is -0.275. The molecule has 1 aliphatic rings. The number of carbonyl (C=O) groups excluding carboxylic acids is 1. The van der Waals surface area contributed by atoms with Gasteiger partial charge in [-0.3, -0.25) is 4.79 Å². The van der Waals surface area contributed by atoms with Crippen molar-refractivity contribution >= 4 is 29.4 Å². The summed E-state index contributed by atoms with van der Waals surface area (Å²) in [6.45, 7) is -4.27. The van der Waals surface area contributed by atoms with Crippen molar-refractivity contribution in [1.29, 1.82) is 0 Å². The van der Waals surface area contributed by atoms with Crippen LogP contribution in [0.3, 0.4) is 0 Å². The Morgan fingerprint density at radius 3 is 2.35 bits per heavy atom. The molecule has 2 heterocycles. The Morgan fingerprint density at radius 1 is 1.03 bits per heavy atom. The standard InChI is InChI=1S/C20H18ClF4N3O3/c21-14-3-5-17(26-12-14)27-7-9-28(10-8-27)18(29)6-2-13-1-4-15(30-19(22)23)11-16(13)31-20(24)25/h1-6,11-12,19-20H,7-10H2/b6-2+. The van der Waals surface area contributed by atoms with Crippen molar-refractivity contribution < 1.29 is 31.8 Å². The van der Waals surface area contributed by atoms with E-state index in [-0.39, 0.29) is 23.0 Å². The Labute approximate surface area is 180 Å². The van der Waals surface area contributed by atoms with Crippen LogP contribution in [0, 0.1) is 0 Å². The number of halogens is 5. The molecule has 0 unspecified atom stereocenters. The van der Waals surface area contributed by atoms with Gasteiger partial charge < -0.3 is 19.3 Å². The second-order valence-corrected chi connectivity index (χ2v) is 6.87. The quantitative estimate of drug-likeness (QED) is 0.456. The number of benzene rings is 1. The first-order valence-corrected chi connectivity index (χ1v) is 9.57. The van der Waals surface area contributed by atoms with Crippen molar-refractivity contribution in [2.75, 3.05) is 31.1 Å². The number of alkyl halides is 4. The summed E-state index contributed by atoms with van der Waals surface area (Å²) in [6, 6.07) is 6.88. The lowest BCUT2D eigenvalue weighted by Gasteiger charge is -2.34. The molecule has 2 aromatic rings. The van der Waals surface area contributed by atoms with Crippen LogP contribution in [0.2, 0.25) is 5.02 Å². The zero-order valence-electron chi connectivity index (χ0n) is 16.1. The topological polar surface area (TPSA) is 54.9 Å². The summed E-state index contributed by atoms with van der Waals surface area (Å²) in [7, 11) is 0. The van der Waals surface area contributed by atoms with Crippen molar-refractivity contribution in [3.8, 4) is 11.5 Å². The van der Waals surface area contributed by atoms with Crippen LogP contribution in [0.1, 0.15) is 5.56 Å². The molecule has 0 saturated carbocycles. The van der Waals surface area contributed by atoms with Gasteiger partial charge in [-0.25, -0.2) is 4.98 Å². The summed E-state index contributed by atoms with van der Waals surface area (Å²) < 4.78 is 58.5. The molecule has 166 valence electrons. The third kappa shape index (κ3) is 6.48. The molecule has 0 bridgehead atoms. The van der Waals surface area contributed by atoms with Crippen LogP contribution < -0.4 is 14.4 Å². The molecule has 1 saturated heterocycles. The average molecular weight is 460 g/mol. The Morgan fingerprint density at radius 2 is 1.74 bits per heavy atom. The maximum Gasteiger partial charge on any atom is 0.387 e. The first-order chi connectivity index (χ1) is 14.8. The van der Waals surface area contributed by atoms with Gasteiger partial charge in [0.15, 0.2) is 0 Å². The van der Waals surface area contributed by atoms with Gasteiger partial charge in [-0.05, 0) is 30.3 Å². The Kier molecular flexibility index (Phi) is 7.56. The Hall–Kier alpha value is -3.01. The van der Waals surface area contributed by atoms with Gasteiger partial charge in [0, 0.05) is 50.1 Å². The lowest BCUT2D eigenvalue weighted by Crippen LogP contribution is -2.48. The van der Waals surface area contributed by atoms with E-state index in [1.807, 2.05) is 4.90 Å². The fourth-order valence-electron chi connectivity index (χ4n) is 3.00. The zero-order chi connectivity index (χ0) is 22.4. The molecule has 0 N–H and O–H groups in total. The monoisotopic (exact) mass is 459 g/mol. The maximum absolute atomic E-state index is 12.7. The van der Waals surface area contributed by atoms with Crippen LogP contribution in [-0.4, -0.2) is 55.2 Å². The molecule has 3 rings (SSSR count).